The highest BCUT2D eigenvalue weighted by Crippen LogP contribution is 2.37. The smallest absolute Gasteiger partial charge is 0.205 e. The maximum atomic E-state index is 9.72. The second-order valence-corrected chi connectivity index (χ2v) is 7.70. The number of benzene rings is 3. The summed E-state index contributed by atoms with van der Waals surface area (Å²) in [5, 5.41) is 9.72. The van der Waals surface area contributed by atoms with Crippen LogP contribution in [0.15, 0.2) is 107 Å². The SMILES string of the molecule is C/C(=C(\C)N(C)c1ccccc1CO)c1ccc(N(c2ccccc2)c2ccccc2)o1. The highest BCUT2D eigenvalue weighted by molar-refractivity contribution is 5.76. The zero-order chi connectivity index (χ0) is 22.5. The Hall–Kier alpha value is -3.76. The fourth-order valence-corrected chi connectivity index (χ4v) is 3.79. The Morgan fingerprint density at radius 2 is 1.31 bits per heavy atom. The largest absolute Gasteiger partial charge is 0.440 e. The van der Waals surface area contributed by atoms with Crippen LogP contribution in [0.2, 0.25) is 0 Å². The molecule has 0 aliphatic rings. The van der Waals surface area contributed by atoms with E-state index in [2.05, 4.69) is 47.9 Å². The predicted octanol–water partition coefficient (Wildman–Crippen LogP) is 7.13. The van der Waals surface area contributed by atoms with Gasteiger partial charge in [0.15, 0.2) is 0 Å². The van der Waals surface area contributed by atoms with Crippen LogP contribution in [0, 0.1) is 0 Å². The number of anilines is 4. The maximum Gasteiger partial charge on any atom is 0.205 e. The van der Waals surface area contributed by atoms with Gasteiger partial charge in [-0.05, 0) is 50.2 Å². The van der Waals surface area contributed by atoms with Gasteiger partial charge in [0, 0.05) is 47.0 Å². The van der Waals surface area contributed by atoms with Gasteiger partial charge < -0.3 is 14.4 Å². The highest BCUT2D eigenvalue weighted by atomic mass is 16.4. The van der Waals surface area contributed by atoms with Crippen molar-refractivity contribution in [3.8, 4) is 0 Å². The van der Waals surface area contributed by atoms with Crippen LogP contribution < -0.4 is 9.80 Å². The third kappa shape index (κ3) is 4.32. The molecule has 1 heterocycles. The van der Waals surface area contributed by atoms with Crippen LogP contribution in [0.3, 0.4) is 0 Å². The van der Waals surface area contributed by atoms with E-state index in [0.29, 0.717) is 0 Å². The van der Waals surface area contributed by atoms with Gasteiger partial charge in [-0.2, -0.15) is 0 Å². The van der Waals surface area contributed by atoms with E-state index in [9.17, 15) is 5.11 Å². The Kier molecular flexibility index (Phi) is 6.43. The average Bonchev–Trinajstić information content (AvgIpc) is 3.33. The molecule has 162 valence electrons. The summed E-state index contributed by atoms with van der Waals surface area (Å²) in [6.45, 7) is 4.13. The van der Waals surface area contributed by atoms with Gasteiger partial charge in [0.25, 0.3) is 0 Å². The predicted molar refractivity (Wildman–Crippen MR) is 132 cm³/mol. The normalized spacial score (nSPS) is 11.8. The average molecular weight is 425 g/mol. The summed E-state index contributed by atoms with van der Waals surface area (Å²) in [5.74, 6) is 1.56. The summed E-state index contributed by atoms with van der Waals surface area (Å²) >= 11 is 0. The van der Waals surface area contributed by atoms with Gasteiger partial charge in [-0.3, -0.25) is 4.90 Å². The van der Waals surface area contributed by atoms with E-state index in [4.69, 9.17) is 4.42 Å². The molecule has 0 saturated carbocycles. The minimum atomic E-state index is 0.000846. The molecular formula is C28H28N2O2. The quantitative estimate of drug-likeness (QED) is 0.343. The van der Waals surface area contributed by atoms with E-state index in [-0.39, 0.29) is 6.61 Å². The Bertz CT molecular complexity index is 1160. The number of hydrogen-bond donors (Lipinski definition) is 1. The lowest BCUT2D eigenvalue weighted by molar-refractivity contribution is 0.282. The van der Waals surface area contributed by atoms with E-state index in [0.717, 1.165) is 45.5 Å². The van der Waals surface area contributed by atoms with E-state index in [1.165, 1.54) is 0 Å². The molecule has 0 bridgehead atoms. The lowest BCUT2D eigenvalue weighted by atomic mass is 10.1. The first kappa shape index (κ1) is 21.5. The summed E-state index contributed by atoms with van der Waals surface area (Å²) in [6, 6.07) is 32.3. The monoisotopic (exact) mass is 424 g/mol. The van der Waals surface area contributed by atoms with Gasteiger partial charge in [-0.1, -0.05) is 54.6 Å². The summed E-state index contributed by atoms with van der Waals surface area (Å²) in [7, 11) is 2.01. The molecule has 0 unspecified atom stereocenters. The number of hydrogen-bond acceptors (Lipinski definition) is 4. The van der Waals surface area contributed by atoms with Gasteiger partial charge in [-0.15, -0.1) is 0 Å². The zero-order valence-electron chi connectivity index (χ0n) is 18.7. The fourth-order valence-electron chi connectivity index (χ4n) is 3.79. The number of rotatable bonds is 7. The van der Waals surface area contributed by atoms with Gasteiger partial charge in [-0.25, -0.2) is 0 Å². The van der Waals surface area contributed by atoms with Crippen molar-refractivity contribution in [2.75, 3.05) is 16.8 Å². The van der Waals surface area contributed by atoms with Crippen LogP contribution in [-0.2, 0) is 6.61 Å². The third-order valence-corrected chi connectivity index (χ3v) is 5.78. The summed E-state index contributed by atoms with van der Waals surface area (Å²) in [5.41, 5.74) is 6.03. The van der Waals surface area contributed by atoms with Gasteiger partial charge in [0.1, 0.15) is 5.76 Å². The van der Waals surface area contributed by atoms with E-state index < -0.39 is 0 Å². The molecule has 1 N–H and O–H groups in total. The van der Waals surface area contributed by atoms with E-state index in [1.54, 1.807) is 0 Å². The first-order valence-corrected chi connectivity index (χ1v) is 10.7. The molecule has 0 amide bonds. The third-order valence-electron chi connectivity index (χ3n) is 5.78. The van der Waals surface area contributed by atoms with Crippen molar-refractivity contribution in [3.05, 3.63) is 114 Å². The number of para-hydroxylation sites is 3. The number of nitrogens with zero attached hydrogens (tertiary/aromatic N) is 2. The molecule has 0 radical (unpaired) electrons. The molecule has 4 aromatic rings. The summed E-state index contributed by atoms with van der Waals surface area (Å²) < 4.78 is 6.37. The molecule has 3 aromatic carbocycles. The van der Waals surface area contributed by atoms with Crippen LogP contribution >= 0.6 is 0 Å². The molecule has 4 nitrogen and oxygen atoms in total. The van der Waals surface area contributed by atoms with Crippen LogP contribution in [-0.4, -0.2) is 12.2 Å². The van der Waals surface area contributed by atoms with Crippen molar-refractivity contribution in [2.24, 2.45) is 0 Å². The Labute approximate surface area is 189 Å². The van der Waals surface area contributed by atoms with E-state index in [1.807, 2.05) is 79.8 Å². The lowest BCUT2D eigenvalue weighted by Crippen LogP contribution is -2.17. The van der Waals surface area contributed by atoms with Crippen LogP contribution in [0.1, 0.15) is 25.2 Å². The van der Waals surface area contributed by atoms with Crippen molar-refractivity contribution in [1.29, 1.82) is 0 Å². The molecule has 1 aromatic heterocycles. The molecule has 4 rings (SSSR count). The molecule has 32 heavy (non-hydrogen) atoms. The van der Waals surface area contributed by atoms with Crippen LogP contribution in [0.5, 0.6) is 0 Å². The van der Waals surface area contributed by atoms with Gasteiger partial charge >= 0.3 is 0 Å². The number of furan rings is 1. The number of aliphatic hydroxyl groups is 1. The topological polar surface area (TPSA) is 39.9 Å². The molecule has 0 aliphatic heterocycles. The van der Waals surface area contributed by atoms with Crippen molar-refractivity contribution in [1.82, 2.24) is 0 Å². The fraction of sp³-hybridized carbons (Fsp3) is 0.143. The Morgan fingerprint density at radius 1 is 0.750 bits per heavy atom. The molecule has 0 atom stereocenters. The standard InChI is InChI=1S/C28H28N2O2/c1-21(22(2)29(3)26-17-11-10-12-23(26)20-31)27-18-19-28(32-27)30(24-13-6-4-7-14-24)25-15-8-5-9-16-25/h4-19,31H,20H2,1-3H3/b22-21-. The lowest BCUT2D eigenvalue weighted by Gasteiger charge is -2.24. The first-order chi connectivity index (χ1) is 15.6. The van der Waals surface area contributed by atoms with Crippen LogP contribution in [0.25, 0.3) is 5.57 Å². The maximum absolute atomic E-state index is 9.72. The second kappa shape index (κ2) is 9.58. The summed E-state index contributed by atoms with van der Waals surface area (Å²) in [4.78, 5) is 4.20. The van der Waals surface area contributed by atoms with Crippen LogP contribution in [0.4, 0.5) is 22.9 Å². The van der Waals surface area contributed by atoms with Gasteiger partial charge in [0.2, 0.25) is 5.88 Å². The second-order valence-electron chi connectivity index (χ2n) is 7.70. The molecule has 0 fully saturated rings. The van der Waals surface area contributed by atoms with Crippen molar-refractivity contribution in [3.63, 3.8) is 0 Å². The molecular weight excluding hydrogens is 396 g/mol. The van der Waals surface area contributed by atoms with Crippen molar-refractivity contribution in [2.45, 2.75) is 20.5 Å². The Balaban J connectivity index is 1.71. The van der Waals surface area contributed by atoms with Crippen molar-refractivity contribution >= 4 is 28.5 Å². The number of aliphatic hydroxyl groups excluding tert-OH is 1. The molecule has 4 heteroatoms. The number of allylic oxidation sites excluding steroid dienone is 2. The minimum absolute atomic E-state index is 0.000846. The molecule has 0 aliphatic carbocycles. The molecule has 0 spiro atoms. The minimum Gasteiger partial charge on any atom is -0.440 e. The molecule has 0 saturated heterocycles. The Morgan fingerprint density at radius 3 is 1.91 bits per heavy atom. The highest BCUT2D eigenvalue weighted by Gasteiger charge is 2.18. The summed E-state index contributed by atoms with van der Waals surface area (Å²) in [6.07, 6.45) is 0. The first-order valence-electron chi connectivity index (χ1n) is 10.7. The van der Waals surface area contributed by atoms with E-state index >= 15 is 0 Å². The zero-order valence-corrected chi connectivity index (χ0v) is 18.7. The van der Waals surface area contributed by atoms with Gasteiger partial charge in [0.05, 0.1) is 6.61 Å². The van der Waals surface area contributed by atoms with Crippen molar-refractivity contribution < 1.29 is 9.52 Å².